The van der Waals surface area contributed by atoms with Crippen LogP contribution in [0.25, 0.3) is 32.5 Å². The predicted molar refractivity (Wildman–Crippen MR) is 273 cm³/mol. The van der Waals surface area contributed by atoms with E-state index in [1.165, 1.54) is 34.0 Å². The first-order valence-corrected chi connectivity index (χ1v) is 27.8. The van der Waals surface area contributed by atoms with Gasteiger partial charge in [-0.25, -0.2) is 80.0 Å². The van der Waals surface area contributed by atoms with E-state index in [2.05, 4.69) is 55.8 Å². The fourth-order valence-corrected chi connectivity index (χ4v) is 12.0. The minimum atomic E-state index is -2.57. The molecule has 0 unspecified atom stereocenters. The van der Waals surface area contributed by atoms with Gasteiger partial charge in [0.05, 0.1) is 36.9 Å². The van der Waals surface area contributed by atoms with Crippen molar-refractivity contribution in [2.75, 3.05) is 29.2 Å². The molecule has 0 atom stereocenters. The van der Waals surface area contributed by atoms with Crippen molar-refractivity contribution in [3.05, 3.63) is 67.4 Å². The number of rotatable bonds is 13. The van der Waals surface area contributed by atoms with Crippen LogP contribution in [-0.4, -0.2) is 99.1 Å². The van der Waals surface area contributed by atoms with Gasteiger partial charge in [0.15, 0.2) is 32.5 Å². The van der Waals surface area contributed by atoms with E-state index in [-0.39, 0.29) is 73.6 Å². The molecule has 0 amide bonds. The molecule has 27 heteroatoms. The predicted octanol–water partition coefficient (Wildman–Crippen LogP) is 13.4. The Morgan fingerprint density at radius 1 is 0.520 bits per heavy atom. The molecule has 11 rings (SSSR count). The van der Waals surface area contributed by atoms with Gasteiger partial charge in [-0.2, -0.15) is 0 Å². The van der Waals surface area contributed by atoms with Gasteiger partial charge >= 0.3 is 0 Å². The quantitative estimate of drug-likeness (QED) is 0.0633. The number of alkyl halides is 8. The highest BCUT2D eigenvalue weighted by atomic mass is 35.5. The lowest BCUT2D eigenvalue weighted by atomic mass is 9.60. The summed E-state index contributed by atoms with van der Waals surface area (Å²) in [5.41, 5.74) is 2.47. The normalized spacial score (nSPS) is 20.2. The number of halogens is 10. The maximum atomic E-state index is 13.5. The zero-order valence-corrected chi connectivity index (χ0v) is 44.1. The number of hydrogen-bond acceptors (Lipinski definition) is 17. The van der Waals surface area contributed by atoms with Crippen LogP contribution in [0.4, 0.5) is 52.6 Å². The molecule has 6 aromatic heterocycles. The highest BCUT2D eigenvalue weighted by Crippen LogP contribution is 2.55. The molecular weight excluding hydrogens is 1100 g/mol. The Hall–Kier alpha value is -4.53. The number of anilines is 3. The van der Waals surface area contributed by atoms with Crippen LogP contribution in [0, 0.1) is 5.41 Å². The van der Waals surface area contributed by atoms with Crippen LogP contribution in [0.3, 0.4) is 0 Å². The van der Waals surface area contributed by atoms with Crippen LogP contribution in [0.15, 0.2) is 34.3 Å². The molecule has 14 nitrogen and oxygen atoms in total. The smallest absolute Gasteiger partial charge is 0.248 e. The zero-order valence-electron chi connectivity index (χ0n) is 40.1. The summed E-state index contributed by atoms with van der Waals surface area (Å²) in [7, 11) is 0. The van der Waals surface area contributed by atoms with Crippen LogP contribution in [-0.2, 0) is 24.7 Å². The third-order valence-electron chi connectivity index (χ3n) is 13.6. The van der Waals surface area contributed by atoms with E-state index in [4.69, 9.17) is 38.0 Å². The first-order chi connectivity index (χ1) is 35.8. The molecule has 1 aliphatic heterocycles. The van der Waals surface area contributed by atoms with Crippen LogP contribution in [0.1, 0.15) is 119 Å². The minimum absolute atomic E-state index is 0.0318. The second-order valence-corrected chi connectivity index (χ2v) is 22.9. The summed E-state index contributed by atoms with van der Waals surface area (Å²) in [5, 5.41) is 25.7. The molecule has 75 heavy (non-hydrogen) atoms. The molecule has 6 aromatic rings. The number of hydrogen-bond donors (Lipinski definition) is 4. The monoisotopic (exact) mass is 1150 g/mol. The molecule has 4 N–H and O–H groups in total. The van der Waals surface area contributed by atoms with Gasteiger partial charge in [-0.05, 0) is 51.4 Å². The Balaban J connectivity index is 0.000000139. The van der Waals surface area contributed by atoms with E-state index >= 15 is 0 Å². The fourth-order valence-electron chi connectivity index (χ4n) is 9.45. The lowest BCUT2D eigenvalue weighted by Crippen LogP contribution is -2.51. The summed E-state index contributed by atoms with van der Waals surface area (Å²) in [5.74, 6) is -4.64. The summed E-state index contributed by atoms with van der Waals surface area (Å²) >= 11 is 15.9. The van der Waals surface area contributed by atoms with Crippen molar-refractivity contribution in [3.63, 3.8) is 0 Å². The van der Waals surface area contributed by atoms with Crippen molar-refractivity contribution in [1.29, 1.82) is 0 Å². The fraction of sp³-hybridized carbons (Fsp3) is 0.562. The molecule has 4 saturated carbocycles. The van der Waals surface area contributed by atoms with Gasteiger partial charge in [-0.15, -0.1) is 34.0 Å². The average molecular weight is 1150 g/mol. The van der Waals surface area contributed by atoms with Gasteiger partial charge in [0, 0.05) is 108 Å². The van der Waals surface area contributed by atoms with Crippen molar-refractivity contribution >= 4 is 74.7 Å². The van der Waals surface area contributed by atoms with E-state index < -0.39 is 31.1 Å². The number of thiazole rings is 3. The molecule has 1 spiro atoms. The lowest BCUT2D eigenvalue weighted by molar-refractivity contribution is -0.164. The molecule has 5 fully saturated rings. The summed E-state index contributed by atoms with van der Waals surface area (Å²) in [6.45, 7) is 0.198. The van der Waals surface area contributed by atoms with Crippen LogP contribution < -0.4 is 16.0 Å². The maximum absolute atomic E-state index is 13.5. The number of aliphatic hydroxyl groups is 1. The third-order valence-corrected chi connectivity index (χ3v) is 16.7. The lowest BCUT2D eigenvalue weighted by Gasteiger charge is -2.53. The van der Waals surface area contributed by atoms with Gasteiger partial charge in [-0.3, -0.25) is 0 Å². The van der Waals surface area contributed by atoms with E-state index in [0.29, 0.717) is 117 Å². The summed E-state index contributed by atoms with van der Waals surface area (Å²) in [6.07, 6.45) is 3.67. The molecule has 5 aliphatic rings. The molecule has 4 aliphatic carbocycles. The summed E-state index contributed by atoms with van der Waals surface area (Å²) in [6, 6.07) is 4.89. The van der Waals surface area contributed by atoms with Crippen molar-refractivity contribution in [3.8, 4) is 32.5 Å². The molecule has 0 radical (unpaired) electrons. The number of nitrogens with zero attached hydrogens (tertiary/aromatic N) is 9. The Morgan fingerprint density at radius 2 is 0.880 bits per heavy atom. The molecule has 0 bridgehead atoms. The first-order valence-electron chi connectivity index (χ1n) is 24.4. The molecule has 1 saturated heterocycles. The second kappa shape index (κ2) is 23.6. The Bertz CT molecular complexity index is 2740. The van der Waals surface area contributed by atoms with Gasteiger partial charge < -0.3 is 25.8 Å². The van der Waals surface area contributed by atoms with Crippen molar-refractivity contribution in [1.82, 2.24) is 44.9 Å². The van der Waals surface area contributed by atoms with Gasteiger partial charge in [0.25, 0.3) is 0 Å². The SMILES string of the molecule is FCc1csc(-c2nc(Cl)cc(NC3CCC(F)(F)CC3)n2)n1.FCc1csc(-c2nc(NC3CCC(F)(F)CC3)cc(C3CC4(COC4)C3)n2)n1.OCc1csc(-c2nc(Cl)cc(NC3CCC(F)(F)CC3)n2)n1. The van der Waals surface area contributed by atoms with E-state index in [9.17, 15) is 35.1 Å². The zero-order chi connectivity index (χ0) is 53.0. The largest absolute Gasteiger partial charge is 0.390 e. The van der Waals surface area contributed by atoms with Gasteiger partial charge in [0.1, 0.15) is 41.1 Å². The highest BCUT2D eigenvalue weighted by molar-refractivity contribution is 7.13. The number of nitrogens with one attached hydrogen (secondary N) is 3. The van der Waals surface area contributed by atoms with Gasteiger partial charge in [-0.1, -0.05) is 23.2 Å². The second-order valence-electron chi connectivity index (χ2n) is 19.6. The molecular formula is C48H52Cl2F8N12O2S3. The van der Waals surface area contributed by atoms with Crippen molar-refractivity contribution < 1.29 is 45.0 Å². The summed E-state index contributed by atoms with van der Waals surface area (Å²) in [4.78, 5) is 38.8. The van der Waals surface area contributed by atoms with Gasteiger partial charge in [0.2, 0.25) is 17.8 Å². The van der Waals surface area contributed by atoms with E-state index in [1.807, 2.05) is 6.07 Å². The number of ether oxygens (including phenoxy) is 1. The molecule has 7 heterocycles. The Labute approximate surface area is 448 Å². The van der Waals surface area contributed by atoms with Crippen molar-refractivity contribution in [2.45, 2.75) is 152 Å². The molecule has 404 valence electrons. The summed E-state index contributed by atoms with van der Waals surface area (Å²) < 4.78 is 111. The Morgan fingerprint density at radius 3 is 1.21 bits per heavy atom. The van der Waals surface area contributed by atoms with Crippen LogP contribution in [0.2, 0.25) is 10.3 Å². The first kappa shape index (κ1) is 55.2. The highest BCUT2D eigenvalue weighted by Gasteiger charge is 2.51. The van der Waals surface area contributed by atoms with Crippen LogP contribution >= 0.6 is 57.2 Å². The molecule has 0 aromatic carbocycles. The van der Waals surface area contributed by atoms with Crippen LogP contribution in [0.5, 0.6) is 0 Å². The Kier molecular flexibility index (Phi) is 17.4. The third kappa shape index (κ3) is 14.7. The van der Waals surface area contributed by atoms with Crippen molar-refractivity contribution in [2.24, 2.45) is 5.41 Å². The average Bonchev–Trinajstić information content (AvgIpc) is 4.15. The van der Waals surface area contributed by atoms with E-state index in [1.54, 1.807) is 28.3 Å². The number of aliphatic hydroxyl groups excluding tert-OH is 1. The standard InChI is InChI=1S/C20H23F3N4OS.C14H14ClF3N4S.C14H15ClF2N4OS/c21-8-14-9-29-18(25-14)17-26-15(12-6-19(7-12)10-28-11-19)5-16(27-17)24-13-1-3-20(22,23)4-2-13;15-10-5-11(19-8-1-3-14(17,18)4-2-8)22-12(21-10)13-20-9(6-16)7-23-13;15-10-5-11(18-8-1-3-14(16,17)4-2-8)21-12(20-10)13-19-9(6-22)7-23-13/h5,9,12-13H,1-4,6-8,10-11H2,(H,24,26,27);5,7-8H,1-4,6H2,(H,19,21,22);5,7-8,22H,1-4,6H2,(H,18,20,21). The van der Waals surface area contributed by atoms with E-state index in [0.717, 1.165) is 31.7 Å². The maximum Gasteiger partial charge on any atom is 0.248 e. The number of aromatic nitrogens is 9. The topological polar surface area (TPSA) is 182 Å². The minimum Gasteiger partial charge on any atom is -0.390 e.